The summed E-state index contributed by atoms with van der Waals surface area (Å²) in [5.74, 6) is 0. The monoisotopic (exact) mass is 269 g/mol. The van der Waals surface area contributed by atoms with E-state index in [0.717, 1.165) is 5.69 Å². The smallest absolute Gasteiger partial charge is 0.0674 e. The molecular weight excluding hydrogens is 246 g/mol. The molecule has 1 heterocycles. The van der Waals surface area contributed by atoms with E-state index >= 15 is 0 Å². The summed E-state index contributed by atoms with van der Waals surface area (Å²) < 4.78 is 1.97. The van der Waals surface area contributed by atoms with Crippen LogP contribution in [0, 0.1) is 13.8 Å². The molecule has 3 nitrogen and oxygen atoms in total. The number of hydrogen-bond donors (Lipinski definition) is 1. The fourth-order valence-electron chi connectivity index (χ4n) is 3.45. The molecule has 1 N–H and O–H groups in total. The Morgan fingerprint density at radius 3 is 2.75 bits per heavy atom. The van der Waals surface area contributed by atoms with Gasteiger partial charge in [0.1, 0.15) is 0 Å². The molecule has 0 radical (unpaired) electrons. The summed E-state index contributed by atoms with van der Waals surface area (Å²) in [7, 11) is 4.08. The Hall–Kier alpha value is -1.61. The molecule has 0 aliphatic heterocycles. The Morgan fingerprint density at radius 1 is 1.30 bits per heavy atom. The summed E-state index contributed by atoms with van der Waals surface area (Å²) in [4.78, 5) is 0. The third-order valence-electron chi connectivity index (χ3n) is 4.61. The number of benzene rings is 1. The fourth-order valence-corrected chi connectivity index (χ4v) is 3.45. The average molecular weight is 269 g/mol. The Balaban J connectivity index is 2.12. The van der Waals surface area contributed by atoms with E-state index in [1.807, 2.05) is 11.7 Å². The molecule has 0 saturated heterocycles. The molecule has 0 saturated carbocycles. The second-order valence-corrected chi connectivity index (χ2v) is 5.82. The van der Waals surface area contributed by atoms with Crippen LogP contribution in [0.25, 0.3) is 11.1 Å². The quantitative estimate of drug-likeness (QED) is 0.906. The number of fused-ring (bicyclic) bond motifs is 1. The van der Waals surface area contributed by atoms with Crippen LogP contribution in [0.2, 0.25) is 0 Å². The van der Waals surface area contributed by atoms with Gasteiger partial charge in [0.2, 0.25) is 0 Å². The van der Waals surface area contributed by atoms with Gasteiger partial charge in [-0.25, -0.2) is 0 Å². The third-order valence-corrected chi connectivity index (χ3v) is 4.61. The van der Waals surface area contributed by atoms with Crippen LogP contribution in [-0.2, 0) is 13.5 Å². The number of nitrogens with one attached hydrogen (secondary N) is 1. The molecule has 1 aliphatic rings. The molecule has 106 valence electrons. The van der Waals surface area contributed by atoms with Crippen molar-refractivity contribution in [1.29, 1.82) is 0 Å². The summed E-state index contributed by atoms with van der Waals surface area (Å²) in [5, 5.41) is 7.99. The van der Waals surface area contributed by atoms with Crippen molar-refractivity contribution in [1.82, 2.24) is 15.1 Å². The number of hydrogen-bond acceptors (Lipinski definition) is 2. The maximum absolute atomic E-state index is 4.54. The van der Waals surface area contributed by atoms with Gasteiger partial charge in [-0.15, -0.1) is 0 Å². The van der Waals surface area contributed by atoms with E-state index in [1.54, 1.807) is 0 Å². The first-order valence-electron chi connectivity index (χ1n) is 7.42. The largest absolute Gasteiger partial charge is 0.313 e. The highest BCUT2D eigenvalue weighted by Crippen LogP contribution is 2.34. The van der Waals surface area contributed by atoms with Gasteiger partial charge in [0, 0.05) is 24.3 Å². The lowest BCUT2D eigenvalue weighted by Crippen LogP contribution is -2.21. The first kappa shape index (κ1) is 13.4. The van der Waals surface area contributed by atoms with Crippen LogP contribution < -0.4 is 5.32 Å². The van der Waals surface area contributed by atoms with E-state index in [2.05, 4.69) is 49.5 Å². The molecule has 2 aromatic rings. The van der Waals surface area contributed by atoms with Gasteiger partial charge in [-0.05, 0) is 62.9 Å². The number of nitrogens with zero attached hydrogens (tertiary/aromatic N) is 2. The van der Waals surface area contributed by atoms with Crippen LogP contribution in [-0.4, -0.2) is 16.8 Å². The Morgan fingerprint density at radius 2 is 2.10 bits per heavy atom. The molecule has 0 bridgehead atoms. The first-order chi connectivity index (χ1) is 9.61. The lowest BCUT2D eigenvalue weighted by molar-refractivity contribution is 0.497. The van der Waals surface area contributed by atoms with Crippen LogP contribution >= 0.6 is 0 Å². The highest BCUT2D eigenvalue weighted by Gasteiger charge is 2.20. The zero-order valence-corrected chi connectivity index (χ0v) is 12.8. The molecule has 1 atom stereocenters. The maximum atomic E-state index is 4.54. The zero-order valence-electron chi connectivity index (χ0n) is 12.8. The Bertz CT molecular complexity index is 640. The number of rotatable bonds is 2. The van der Waals surface area contributed by atoms with Crippen LogP contribution in [0.3, 0.4) is 0 Å². The number of aromatic nitrogens is 2. The lowest BCUT2D eigenvalue weighted by atomic mass is 9.85. The summed E-state index contributed by atoms with van der Waals surface area (Å²) in [6.07, 6.45) is 3.72. The van der Waals surface area contributed by atoms with Crippen LogP contribution in [0.4, 0.5) is 0 Å². The van der Waals surface area contributed by atoms with Gasteiger partial charge in [0.25, 0.3) is 0 Å². The van der Waals surface area contributed by atoms with Crippen LogP contribution in [0.1, 0.15) is 41.4 Å². The molecule has 0 fully saturated rings. The van der Waals surface area contributed by atoms with Gasteiger partial charge < -0.3 is 5.32 Å². The molecule has 3 heteroatoms. The first-order valence-corrected chi connectivity index (χ1v) is 7.42. The summed E-state index contributed by atoms with van der Waals surface area (Å²) in [6, 6.07) is 7.43. The van der Waals surface area contributed by atoms with Crippen molar-refractivity contribution in [2.75, 3.05) is 7.05 Å². The summed E-state index contributed by atoms with van der Waals surface area (Å²) >= 11 is 0. The minimum atomic E-state index is 0.496. The van der Waals surface area contributed by atoms with E-state index in [-0.39, 0.29) is 0 Å². The molecule has 1 aliphatic carbocycles. The predicted molar refractivity (Wildman–Crippen MR) is 82.9 cm³/mol. The molecular formula is C17H23N3. The molecule has 1 aromatic heterocycles. The van der Waals surface area contributed by atoms with Gasteiger partial charge in [0.05, 0.1) is 5.69 Å². The van der Waals surface area contributed by atoms with Crippen molar-refractivity contribution in [3.05, 3.63) is 40.7 Å². The van der Waals surface area contributed by atoms with Crippen LogP contribution in [0.5, 0.6) is 0 Å². The Labute approximate surface area is 121 Å². The van der Waals surface area contributed by atoms with Crippen molar-refractivity contribution in [3.63, 3.8) is 0 Å². The normalized spacial score (nSPS) is 18.1. The van der Waals surface area contributed by atoms with Crippen molar-refractivity contribution in [3.8, 4) is 11.1 Å². The van der Waals surface area contributed by atoms with Crippen molar-refractivity contribution >= 4 is 0 Å². The molecule has 3 rings (SSSR count). The molecule has 20 heavy (non-hydrogen) atoms. The highest BCUT2D eigenvalue weighted by molar-refractivity contribution is 5.70. The third kappa shape index (κ3) is 2.06. The zero-order chi connectivity index (χ0) is 14.3. The summed E-state index contributed by atoms with van der Waals surface area (Å²) in [6.45, 7) is 4.24. The molecule has 0 amide bonds. The fraction of sp³-hybridized carbons (Fsp3) is 0.471. The van der Waals surface area contributed by atoms with Crippen molar-refractivity contribution in [2.24, 2.45) is 7.05 Å². The van der Waals surface area contributed by atoms with E-state index in [1.165, 1.54) is 47.2 Å². The molecule has 0 spiro atoms. The standard InChI is InChI=1S/C17H23N3/c1-11-17(12(2)20(4)19-11)14-9-8-13-6-5-7-16(18-3)15(13)10-14/h8-10,16,18H,5-7H2,1-4H3. The van der Waals surface area contributed by atoms with Gasteiger partial charge in [-0.2, -0.15) is 5.10 Å². The van der Waals surface area contributed by atoms with E-state index in [4.69, 9.17) is 0 Å². The Kier molecular flexibility index (Phi) is 3.38. The van der Waals surface area contributed by atoms with Gasteiger partial charge >= 0.3 is 0 Å². The van der Waals surface area contributed by atoms with Gasteiger partial charge in [-0.1, -0.05) is 12.1 Å². The number of aryl methyl sites for hydroxylation is 3. The van der Waals surface area contributed by atoms with Crippen molar-refractivity contribution < 1.29 is 0 Å². The van der Waals surface area contributed by atoms with Crippen molar-refractivity contribution in [2.45, 2.75) is 39.2 Å². The lowest BCUT2D eigenvalue weighted by Gasteiger charge is -2.26. The van der Waals surface area contributed by atoms with E-state index < -0.39 is 0 Å². The average Bonchev–Trinajstić information content (AvgIpc) is 2.71. The predicted octanol–water partition coefficient (Wildman–Crippen LogP) is 3.30. The highest BCUT2D eigenvalue weighted by atomic mass is 15.3. The van der Waals surface area contributed by atoms with E-state index in [9.17, 15) is 0 Å². The molecule has 1 aromatic carbocycles. The van der Waals surface area contributed by atoms with Crippen LogP contribution in [0.15, 0.2) is 18.2 Å². The SMILES string of the molecule is CNC1CCCc2ccc(-c3c(C)nn(C)c3C)cc21. The summed E-state index contributed by atoms with van der Waals surface area (Å²) in [5.41, 5.74) is 7.91. The second-order valence-electron chi connectivity index (χ2n) is 5.82. The van der Waals surface area contributed by atoms with E-state index in [0.29, 0.717) is 6.04 Å². The van der Waals surface area contributed by atoms with Gasteiger partial charge in [-0.3, -0.25) is 4.68 Å². The minimum absolute atomic E-state index is 0.496. The minimum Gasteiger partial charge on any atom is -0.313 e. The van der Waals surface area contributed by atoms with Gasteiger partial charge in [0.15, 0.2) is 0 Å². The topological polar surface area (TPSA) is 29.9 Å². The molecule has 1 unspecified atom stereocenters. The maximum Gasteiger partial charge on any atom is 0.0674 e. The second kappa shape index (κ2) is 5.06.